The van der Waals surface area contributed by atoms with Gasteiger partial charge in [0.25, 0.3) is 0 Å². The van der Waals surface area contributed by atoms with Crippen LogP contribution in [0, 0.1) is 11.8 Å². The second kappa shape index (κ2) is 6.88. The van der Waals surface area contributed by atoms with Gasteiger partial charge in [-0.05, 0) is 52.4 Å². The molecule has 5 nitrogen and oxygen atoms in total. The van der Waals surface area contributed by atoms with E-state index in [2.05, 4.69) is 0 Å². The number of carbonyl (C=O) groups excluding carboxylic acids is 2. The van der Waals surface area contributed by atoms with E-state index in [4.69, 9.17) is 9.47 Å². The Hall–Kier alpha value is -1.26. The molecule has 1 aliphatic carbocycles. The van der Waals surface area contributed by atoms with E-state index in [9.17, 15) is 9.59 Å². The standard InChI is InChI=1S/C17H29NO4/c1-5-21-15(19)14-10-12-8-6-7-9-13(12)11-18(14)16(20)22-17(2,3)4/h12-14H,5-11H2,1-4H3. The van der Waals surface area contributed by atoms with Gasteiger partial charge in [0, 0.05) is 6.54 Å². The van der Waals surface area contributed by atoms with Crippen molar-refractivity contribution >= 4 is 12.1 Å². The quantitative estimate of drug-likeness (QED) is 0.734. The first-order valence-corrected chi connectivity index (χ1v) is 8.48. The second-order valence-electron chi connectivity index (χ2n) is 7.44. The van der Waals surface area contributed by atoms with Crippen LogP contribution in [-0.2, 0) is 14.3 Å². The van der Waals surface area contributed by atoms with Crippen LogP contribution in [0.1, 0.15) is 59.8 Å². The van der Waals surface area contributed by atoms with Crippen LogP contribution in [-0.4, -0.2) is 41.8 Å². The molecule has 1 heterocycles. The highest BCUT2D eigenvalue weighted by Gasteiger charge is 2.43. The molecule has 0 spiro atoms. The number of fused-ring (bicyclic) bond motifs is 1. The predicted octanol–water partition coefficient (Wildman–Crippen LogP) is 3.37. The van der Waals surface area contributed by atoms with Crippen molar-refractivity contribution in [3.8, 4) is 0 Å². The zero-order chi connectivity index (χ0) is 16.3. The molecule has 3 unspecified atom stereocenters. The van der Waals surface area contributed by atoms with Gasteiger partial charge >= 0.3 is 12.1 Å². The molecule has 2 aliphatic rings. The van der Waals surface area contributed by atoms with Gasteiger partial charge in [-0.3, -0.25) is 4.90 Å². The number of esters is 1. The van der Waals surface area contributed by atoms with Crippen LogP contribution in [0.25, 0.3) is 0 Å². The number of hydrogen-bond donors (Lipinski definition) is 0. The highest BCUT2D eigenvalue weighted by molar-refractivity contribution is 5.82. The summed E-state index contributed by atoms with van der Waals surface area (Å²) >= 11 is 0. The summed E-state index contributed by atoms with van der Waals surface area (Å²) in [7, 11) is 0. The summed E-state index contributed by atoms with van der Waals surface area (Å²) in [5, 5.41) is 0. The Bertz CT molecular complexity index is 415. The maximum absolute atomic E-state index is 12.5. The number of piperidine rings is 1. The number of likely N-dealkylation sites (tertiary alicyclic amines) is 1. The van der Waals surface area contributed by atoms with Crippen molar-refractivity contribution in [2.75, 3.05) is 13.2 Å². The lowest BCUT2D eigenvalue weighted by molar-refractivity contribution is -0.152. The van der Waals surface area contributed by atoms with Gasteiger partial charge in [-0.25, -0.2) is 9.59 Å². The van der Waals surface area contributed by atoms with Gasteiger partial charge in [-0.1, -0.05) is 19.3 Å². The van der Waals surface area contributed by atoms with E-state index in [1.165, 1.54) is 12.8 Å². The number of rotatable bonds is 2. The molecule has 126 valence electrons. The Balaban J connectivity index is 2.14. The molecule has 2 rings (SSSR count). The molecule has 2 fully saturated rings. The van der Waals surface area contributed by atoms with Crippen LogP contribution in [0.4, 0.5) is 4.79 Å². The second-order valence-corrected chi connectivity index (χ2v) is 7.44. The lowest BCUT2D eigenvalue weighted by atomic mass is 9.73. The average molecular weight is 311 g/mol. The van der Waals surface area contributed by atoms with Crippen LogP contribution >= 0.6 is 0 Å². The van der Waals surface area contributed by atoms with Crippen molar-refractivity contribution in [1.82, 2.24) is 4.90 Å². The van der Waals surface area contributed by atoms with Crippen molar-refractivity contribution in [2.45, 2.75) is 71.4 Å². The molecule has 22 heavy (non-hydrogen) atoms. The average Bonchev–Trinajstić information content (AvgIpc) is 2.44. The number of hydrogen-bond acceptors (Lipinski definition) is 4. The van der Waals surface area contributed by atoms with E-state index in [1.54, 1.807) is 11.8 Å². The van der Waals surface area contributed by atoms with Gasteiger partial charge in [-0.2, -0.15) is 0 Å². The third-order valence-corrected chi connectivity index (χ3v) is 4.59. The first-order valence-electron chi connectivity index (χ1n) is 8.48. The van der Waals surface area contributed by atoms with E-state index in [0.29, 0.717) is 31.4 Å². The van der Waals surface area contributed by atoms with Crippen molar-refractivity contribution in [3.05, 3.63) is 0 Å². The zero-order valence-corrected chi connectivity index (χ0v) is 14.3. The van der Waals surface area contributed by atoms with Gasteiger partial charge in [0.1, 0.15) is 11.6 Å². The molecule has 0 radical (unpaired) electrons. The molecule has 3 atom stereocenters. The van der Waals surface area contributed by atoms with Crippen molar-refractivity contribution in [1.29, 1.82) is 0 Å². The molecule has 5 heteroatoms. The van der Waals surface area contributed by atoms with Crippen molar-refractivity contribution in [2.24, 2.45) is 11.8 Å². The minimum atomic E-state index is -0.556. The van der Waals surface area contributed by atoms with Gasteiger partial charge in [0.05, 0.1) is 6.61 Å². The molecule has 0 aromatic heterocycles. The van der Waals surface area contributed by atoms with Crippen LogP contribution in [0.15, 0.2) is 0 Å². The fourth-order valence-corrected chi connectivity index (χ4v) is 3.61. The molecular weight excluding hydrogens is 282 g/mol. The number of amides is 1. The molecular formula is C17H29NO4. The summed E-state index contributed by atoms with van der Waals surface area (Å²) in [6, 6.07) is -0.492. The monoisotopic (exact) mass is 311 g/mol. The van der Waals surface area contributed by atoms with Crippen LogP contribution in [0.3, 0.4) is 0 Å². The smallest absolute Gasteiger partial charge is 0.411 e. The Morgan fingerprint density at radius 2 is 1.77 bits per heavy atom. The largest absolute Gasteiger partial charge is 0.464 e. The SMILES string of the molecule is CCOC(=O)C1CC2CCCCC2CN1C(=O)OC(C)(C)C. The van der Waals surface area contributed by atoms with Crippen molar-refractivity contribution in [3.63, 3.8) is 0 Å². The van der Waals surface area contributed by atoms with Crippen LogP contribution in [0.5, 0.6) is 0 Å². The summed E-state index contributed by atoms with van der Waals surface area (Å²) in [5.41, 5.74) is -0.556. The highest BCUT2D eigenvalue weighted by Crippen LogP contribution is 2.39. The molecule has 0 aromatic rings. The van der Waals surface area contributed by atoms with E-state index < -0.39 is 17.7 Å². The fraction of sp³-hybridized carbons (Fsp3) is 0.882. The first kappa shape index (κ1) is 17.1. The van der Waals surface area contributed by atoms with Gasteiger partial charge in [0.2, 0.25) is 0 Å². The van der Waals surface area contributed by atoms with Gasteiger partial charge in [-0.15, -0.1) is 0 Å². The Morgan fingerprint density at radius 3 is 2.36 bits per heavy atom. The van der Waals surface area contributed by atoms with Crippen LogP contribution in [0.2, 0.25) is 0 Å². The minimum absolute atomic E-state index is 0.294. The van der Waals surface area contributed by atoms with E-state index in [1.807, 2.05) is 20.8 Å². The van der Waals surface area contributed by atoms with Crippen molar-refractivity contribution < 1.29 is 19.1 Å². The van der Waals surface area contributed by atoms with Crippen LogP contribution < -0.4 is 0 Å². The van der Waals surface area contributed by atoms with Gasteiger partial charge < -0.3 is 9.47 Å². The molecule has 0 N–H and O–H groups in total. The molecule has 0 aromatic carbocycles. The predicted molar refractivity (Wildman–Crippen MR) is 83.4 cm³/mol. The molecule has 1 saturated heterocycles. The molecule has 1 aliphatic heterocycles. The molecule has 1 amide bonds. The van der Waals surface area contributed by atoms with E-state index >= 15 is 0 Å². The normalized spacial score (nSPS) is 28.7. The number of carbonyl (C=O) groups is 2. The lowest BCUT2D eigenvalue weighted by Gasteiger charge is -2.45. The van der Waals surface area contributed by atoms with E-state index in [0.717, 1.165) is 12.8 Å². The zero-order valence-electron chi connectivity index (χ0n) is 14.3. The Kier molecular flexibility index (Phi) is 5.35. The molecule has 0 bridgehead atoms. The maximum atomic E-state index is 12.5. The fourth-order valence-electron chi connectivity index (χ4n) is 3.61. The summed E-state index contributed by atoms with van der Waals surface area (Å²) in [4.78, 5) is 26.4. The Morgan fingerprint density at radius 1 is 1.14 bits per heavy atom. The lowest BCUT2D eigenvalue weighted by Crippen LogP contribution is -2.55. The third-order valence-electron chi connectivity index (χ3n) is 4.59. The summed E-state index contributed by atoms with van der Waals surface area (Å²) in [5.74, 6) is 0.728. The number of nitrogens with zero attached hydrogens (tertiary/aromatic N) is 1. The van der Waals surface area contributed by atoms with E-state index in [-0.39, 0.29) is 5.97 Å². The summed E-state index contributed by atoms with van der Waals surface area (Å²) < 4.78 is 10.7. The third kappa shape index (κ3) is 4.14. The molecule has 1 saturated carbocycles. The summed E-state index contributed by atoms with van der Waals surface area (Å²) in [6.07, 6.45) is 5.05. The Labute approximate surface area is 133 Å². The highest BCUT2D eigenvalue weighted by atomic mass is 16.6. The first-order chi connectivity index (χ1) is 10.3. The topological polar surface area (TPSA) is 55.8 Å². The number of ether oxygens (including phenoxy) is 2. The maximum Gasteiger partial charge on any atom is 0.411 e. The van der Waals surface area contributed by atoms with Gasteiger partial charge in [0.15, 0.2) is 0 Å². The summed E-state index contributed by atoms with van der Waals surface area (Å²) in [6.45, 7) is 8.28. The minimum Gasteiger partial charge on any atom is -0.464 e.